The Morgan fingerprint density at radius 2 is 1.00 bits per heavy atom. The van der Waals surface area contributed by atoms with E-state index in [2.05, 4.69) is 31.3 Å². The van der Waals surface area contributed by atoms with E-state index in [1.165, 1.54) is 9.36 Å². The van der Waals surface area contributed by atoms with E-state index in [9.17, 15) is 30.0 Å². The number of anilines is 2. The SMILES string of the molecule is N[C@@H]1C[C@H](N)[C@@H](OCCCc2cn(CC(=O)Nc3ccc(Cc4ccc(NC(=O)Cn5cc(CCCO[C@H]6[C@H](O)[C@@H](O)[C@H](N)C[C@@H]6N)nn5)cc4)cc3)nn2)[C@H](O)[C@H]1O. The van der Waals surface area contributed by atoms with Crippen molar-refractivity contribution in [1.82, 2.24) is 30.0 Å². The lowest BCUT2D eigenvalue weighted by atomic mass is 9.85. The van der Waals surface area contributed by atoms with E-state index in [4.69, 9.17) is 32.4 Å². The summed E-state index contributed by atoms with van der Waals surface area (Å²) in [5.41, 5.74) is 28.5. The quantitative estimate of drug-likeness (QED) is 0.0482. The highest BCUT2D eigenvalue weighted by Crippen LogP contribution is 2.23. The summed E-state index contributed by atoms with van der Waals surface area (Å²) in [6, 6.07) is 13.0. The van der Waals surface area contributed by atoms with E-state index in [-0.39, 0.29) is 24.9 Å². The number of aromatic nitrogens is 6. The Hall–Kier alpha value is -4.74. The molecule has 0 aliphatic heterocycles. The molecular formula is C39H56N12O8. The van der Waals surface area contributed by atoms with Crippen molar-refractivity contribution in [3.8, 4) is 0 Å². The molecule has 20 heteroatoms. The molecule has 0 saturated heterocycles. The van der Waals surface area contributed by atoms with Crippen LogP contribution in [0.5, 0.6) is 0 Å². The fraction of sp³-hybridized carbons (Fsp3) is 0.538. The van der Waals surface area contributed by atoms with Crippen LogP contribution in [0.3, 0.4) is 0 Å². The summed E-state index contributed by atoms with van der Waals surface area (Å²) in [5.74, 6) is -0.511. The van der Waals surface area contributed by atoms with Crippen LogP contribution in [-0.2, 0) is 51.4 Å². The first-order valence-electron chi connectivity index (χ1n) is 19.9. The zero-order valence-electron chi connectivity index (χ0n) is 32.7. The van der Waals surface area contributed by atoms with Gasteiger partial charge in [0.15, 0.2) is 0 Å². The van der Waals surface area contributed by atoms with Gasteiger partial charge in [0.1, 0.15) is 37.5 Å². The van der Waals surface area contributed by atoms with Crippen LogP contribution >= 0.6 is 0 Å². The molecule has 2 aliphatic rings. The fourth-order valence-corrected chi connectivity index (χ4v) is 7.37. The number of nitrogens with two attached hydrogens (primary N) is 4. The van der Waals surface area contributed by atoms with E-state index in [1.54, 1.807) is 12.4 Å². The lowest BCUT2D eigenvalue weighted by Crippen LogP contribution is -2.62. The number of nitrogens with one attached hydrogen (secondary N) is 2. The van der Waals surface area contributed by atoms with E-state index >= 15 is 0 Å². The van der Waals surface area contributed by atoms with Crippen LogP contribution in [0.25, 0.3) is 0 Å². The molecule has 0 spiro atoms. The molecule has 2 amide bonds. The summed E-state index contributed by atoms with van der Waals surface area (Å²) in [7, 11) is 0. The number of hydrogen-bond donors (Lipinski definition) is 10. The standard InChI is InChI=1S/C39H56N12O8/c40-28-16-30(42)38(36(56)34(28)54)58-13-1-3-26-18-50(48-46-26)20-32(52)44-24-9-5-22(6-10-24)15-23-7-11-25(12-8-23)45-33(53)21-51-19-27(47-49-51)4-2-14-59-39-31(43)17-29(41)35(55)37(39)57/h5-12,18-19,28-31,34-39,54-57H,1-4,13-17,20-21,40-43H2,(H,44,52)(H,45,53)/t28-,29-,30+,31+,34+,35+,36-,37-,38-,39-/m1/s1. The molecule has 0 unspecified atom stereocenters. The van der Waals surface area contributed by atoms with Crippen LogP contribution in [0.4, 0.5) is 11.4 Å². The normalized spacial score (nSPS) is 27.1. The lowest BCUT2D eigenvalue weighted by molar-refractivity contribution is -0.127. The average molecular weight is 821 g/mol. The minimum absolute atomic E-state index is 0.0148. The number of carbonyl (C=O) groups is 2. The Labute approximate surface area is 341 Å². The molecule has 14 N–H and O–H groups in total. The van der Waals surface area contributed by atoms with E-state index < -0.39 is 60.8 Å². The van der Waals surface area contributed by atoms with Gasteiger partial charge in [0.25, 0.3) is 0 Å². The third kappa shape index (κ3) is 12.2. The summed E-state index contributed by atoms with van der Waals surface area (Å²) in [5, 5.41) is 62.7. The largest absolute Gasteiger partial charge is 0.389 e. The molecule has 6 rings (SSSR count). The van der Waals surface area contributed by atoms with Gasteiger partial charge < -0.3 is 63.5 Å². The molecule has 2 aromatic carbocycles. The number of amides is 2. The maximum absolute atomic E-state index is 12.7. The first-order chi connectivity index (χ1) is 28.3. The van der Waals surface area contributed by atoms with Gasteiger partial charge in [-0.05, 0) is 80.3 Å². The van der Waals surface area contributed by atoms with E-state index in [0.717, 1.165) is 11.1 Å². The topological polar surface area (TPSA) is 323 Å². The van der Waals surface area contributed by atoms with Crippen LogP contribution in [0.15, 0.2) is 60.9 Å². The second kappa shape index (κ2) is 20.5. The van der Waals surface area contributed by atoms with Crippen LogP contribution in [-0.4, -0.2) is 136 Å². The lowest BCUT2D eigenvalue weighted by Gasteiger charge is -2.39. The number of ether oxygens (including phenoxy) is 2. The number of nitrogens with zero attached hydrogens (tertiary/aromatic N) is 6. The van der Waals surface area contributed by atoms with Gasteiger partial charge in [0.05, 0.1) is 23.6 Å². The summed E-state index contributed by atoms with van der Waals surface area (Å²) < 4.78 is 14.4. The van der Waals surface area contributed by atoms with Gasteiger partial charge in [-0.3, -0.25) is 9.59 Å². The number of aryl methyl sites for hydroxylation is 2. The molecule has 320 valence electrons. The maximum Gasteiger partial charge on any atom is 0.246 e. The van der Waals surface area contributed by atoms with Gasteiger partial charge in [-0.15, -0.1) is 10.2 Å². The summed E-state index contributed by atoms with van der Waals surface area (Å²) in [6.07, 6.45) is 1.17. The molecule has 0 radical (unpaired) electrons. The monoisotopic (exact) mass is 820 g/mol. The van der Waals surface area contributed by atoms with Crippen LogP contribution < -0.4 is 33.6 Å². The Kier molecular flexibility index (Phi) is 15.2. The minimum Gasteiger partial charge on any atom is -0.389 e. The number of benzene rings is 2. The zero-order valence-corrected chi connectivity index (χ0v) is 32.7. The number of hydrogen-bond acceptors (Lipinski definition) is 16. The molecule has 2 saturated carbocycles. The molecular weight excluding hydrogens is 765 g/mol. The van der Waals surface area contributed by atoms with Crippen molar-refractivity contribution < 1.29 is 39.5 Å². The van der Waals surface area contributed by atoms with Crippen LogP contribution in [0.1, 0.15) is 48.2 Å². The Morgan fingerprint density at radius 1 is 0.610 bits per heavy atom. The van der Waals surface area contributed by atoms with Crippen molar-refractivity contribution in [2.45, 2.75) is 119 Å². The number of aliphatic hydroxyl groups is 4. The molecule has 2 aromatic heterocycles. The summed E-state index contributed by atoms with van der Waals surface area (Å²) >= 11 is 0. The van der Waals surface area contributed by atoms with Gasteiger partial charge >= 0.3 is 0 Å². The van der Waals surface area contributed by atoms with Crippen molar-refractivity contribution in [2.24, 2.45) is 22.9 Å². The predicted octanol–water partition coefficient (Wildman–Crippen LogP) is -2.07. The average Bonchev–Trinajstić information content (AvgIpc) is 3.85. The highest BCUT2D eigenvalue weighted by molar-refractivity contribution is 5.91. The predicted molar refractivity (Wildman–Crippen MR) is 214 cm³/mol. The summed E-state index contributed by atoms with van der Waals surface area (Å²) in [4.78, 5) is 25.4. The van der Waals surface area contributed by atoms with Gasteiger partial charge in [0.2, 0.25) is 11.8 Å². The first-order valence-corrected chi connectivity index (χ1v) is 19.9. The smallest absolute Gasteiger partial charge is 0.246 e. The maximum atomic E-state index is 12.7. The van der Waals surface area contributed by atoms with Crippen molar-refractivity contribution in [1.29, 1.82) is 0 Å². The first kappa shape index (κ1) is 43.8. The van der Waals surface area contributed by atoms with Gasteiger partial charge in [-0.25, -0.2) is 9.36 Å². The van der Waals surface area contributed by atoms with Crippen LogP contribution in [0, 0.1) is 0 Å². The second-order valence-electron chi connectivity index (χ2n) is 15.4. The molecule has 59 heavy (non-hydrogen) atoms. The molecule has 20 nitrogen and oxygen atoms in total. The highest BCUT2D eigenvalue weighted by Gasteiger charge is 2.42. The van der Waals surface area contributed by atoms with Crippen molar-refractivity contribution in [3.63, 3.8) is 0 Å². The third-order valence-electron chi connectivity index (χ3n) is 10.6. The van der Waals surface area contributed by atoms with Gasteiger partial charge in [-0.1, -0.05) is 34.7 Å². The molecule has 2 fully saturated rings. The zero-order chi connectivity index (χ0) is 42.1. The van der Waals surface area contributed by atoms with Gasteiger partial charge in [0, 0.05) is 61.1 Å². The molecule has 2 aliphatic carbocycles. The molecule has 10 atom stereocenters. The Balaban J connectivity index is 0.859. The number of carbonyl (C=O) groups excluding carboxylic acids is 2. The fourth-order valence-electron chi connectivity index (χ4n) is 7.37. The molecule has 4 aromatic rings. The van der Waals surface area contributed by atoms with Crippen LogP contribution in [0.2, 0.25) is 0 Å². The van der Waals surface area contributed by atoms with Crippen molar-refractivity contribution in [3.05, 3.63) is 83.4 Å². The minimum atomic E-state index is -1.14. The van der Waals surface area contributed by atoms with E-state index in [0.29, 0.717) is 80.9 Å². The van der Waals surface area contributed by atoms with Crippen molar-refractivity contribution in [2.75, 3.05) is 23.8 Å². The number of aliphatic hydroxyl groups excluding tert-OH is 4. The van der Waals surface area contributed by atoms with E-state index in [1.807, 2.05) is 48.5 Å². The molecule has 2 heterocycles. The molecule has 0 bridgehead atoms. The highest BCUT2D eigenvalue weighted by atomic mass is 16.5. The third-order valence-corrected chi connectivity index (χ3v) is 10.6. The second-order valence-corrected chi connectivity index (χ2v) is 15.4. The number of rotatable bonds is 18. The Morgan fingerprint density at radius 3 is 1.39 bits per heavy atom. The summed E-state index contributed by atoms with van der Waals surface area (Å²) in [6.45, 7) is 0.571. The Bertz CT molecular complexity index is 1810. The van der Waals surface area contributed by atoms with Gasteiger partial charge in [-0.2, -0.15) is 0 Å². The van der Waals surface area contributed by atoms with Crippen molar-refractivity contribution >= 4 is 23.2 Å².